The number of carboxylic acid groups (broad SMARTS) is 1. The van der Waals surface area contributed by atoms with Gasteiger partial charge in [0.2, 0.25) is 0 Å². The van der Waals surface area contributed by atoms with Crippen LogP contribution in [0.5, 0.6) is 0 Å². The molecule has 0 amide bonds. The maximum atomic E-state index is 10.3. The summed E-state index contributed by atoms with van der Waals surface area (Å²) in [5.41, 5.74) is 0.225. The second-order valence-corrected chi connectivity index (χ2v) is 2.90. The summed E-state index contributed by atoms with van der Waals surface area (Å²) in [4.78, 5) is 11.3. The molecule has 0 atom stereocenters. The first kappa shape index (κ1) is 12.0. The fourth-order valence-electron chi connectivity index (χ4n) is 0.727. The summed E-state index contributed by atoms with van der Waals surface area (Å²) in [6.45, 7) is 0. The van der Waals surface area contributed by atoms with Crippen LogP contribution in [0.25, 0.3) is 0 Å². The van der Waals surface area contributed by atoms with Crippen molar-refractivity contribution in [2.24, 2.45) is 0 Å². The van der Waals surface area contributed by atoms with Crippen LogP contribution in [-0.4, -0.2) is 12.2 Å². The van der Waals surface area contributed by atoms with Crippen LogP contribution in [0, 0.1) is 0 Å². The third-order valence-corrected chi connectivity index (χ3v) is 2.07. The van der Waals surface area contributed by atoms with Gasteiger partial charge in [0.15, 0.2) is 0 Å². The monoisotopic (exact) mass is 190 g/mol. The fourth-order valence-corrected chi connectivity index (χ4v) is 1.14. The number of carbonyl (C=O) groups is 1. The SMILES string of the molecule is CSc1ccc(C(=O)[O-])cc1.[Na+]. The van der Waals surface area contributed by atoms with Gasteiger partial charge in [0, 0.05) is 4.90 Å². The molecular weight excluding hydrogens is 183 g/mol. The van der Waals surface area contributed by atoms with Gasteiger partial charge in [0.25, 0.3) is 0 Å². The summed E-state index contributed by atoms with van der Waals surface area (Å²) in [7, 11) is 0. The van der Waals surface area contributed by atoms with Crippen molar-refractivity contribution in [2.45, 2.75) is 4.90 Å². The Bertz CT molecular complexity index is 258. The van der Waals surface area contributed by atoms with E-state index in [2.05, 4.69) is 0 Å². The molecule has 1 rings (SSSR count). The quantitative estimate of drug-likeness (QED) is 0.391. The zero-order valence-corrected chi connectivity index (χ0v) is 9.85. The van der Waals surface area contributed by atoms with E-state index in [0.717, 1.165) is 4.90 Å². The van der Waals surface area contributed by atoms with Crippen molar-refractivity contribution in [1.82, 2.24) is 0 Å². The third-order valence-electron chi connectivity index (χ3n) is 1.33. The van der Waals surface area contributed by atoms with Crippen LogP contribution in [0.2, 0.25) is 0 Å². The van der Waals surface area contributed by atoms with Crippen molar-refractivity contribution in [1.29, 1.82) is 0 Å². The molecule has 0 radical (unpaired) electrons. The number of hydrogen-bond acceptors (Lipinski definition) is 3. The minimum absolute atomic E-state index is 0. The van der Waals surface area contributed by atoms with Crippen LogP contribution in [0.1, 0.15) is 10.4 Å². The summed E-state index contributed by atoms with van der Waals surface area (Å²) in [5.74, 6) is -1.13. The summed E-state index contributed by atoms with van der Waals surface area (Å²) in [6.07, 6.45) is 1.94. The molecule has 0 fully saturated rings. The maximum absolute atomic E-state index is 10.3. The van der Waals surface area contributed by atoms with E-state index in [9.17, 15) is 9.90 Å². The molecule has 0 spiro atoms. The van der Waals surface area contributed by atoms with Gasteiger partial charge in [-0.25, -0.2) is 0 Å². The first-order valence-electron chi connectivity index (χ1n) is 3.09. The first-order valence-corrected chi connectivity index (χ1v) is 4.32. The molecule has 1 aromatic carbocycles. The van der Waals surface area contributed by atoms with E-state index in [-0.39, 0.29) is 35.1 Å². The Morgan fingerprint density at radius 2 is 1.83 bits per heavy atom. The van der Waals surface area contributed by atoms with Crippen LogP contribution in [0.15, 0.2) is 29.2 Å². The fraction of sp³-hybridized carbons (Fsp3) is 0.125. The topological polar surface area (TPSA) is 40.1 Å². The molecule has 0 saturated carbocycles. The maximum Gasteiger partial charge on any atom is 1.00 e. The largest absolute Gasteiger partial charge is 1.00 e. The number of aromatic carboxylic acids is 1. The second kappa shape index (κ2) is 5.65. The molecule has 0 heterocycles. The van der Waals surface area contributed by atoms with Gasteiger partial charge in [-0.05, 0) is 24.0 Å². The molecule has 4 heteroatoms. The van der Waals surface area contributed by atoms with E-state index in [4.69, 9.17) is 0 Å². The van der Waals surface area contributed by atoms with Gasteiger partial charge >= 0.3 is 29.6 Å². The van der Waals surface area contributed by atoms with Crippen molar-refractivity contribution < 1.29 is 39.5 Å². The molecule has 58 valence electrons. The van der Waals surface area contributed by atoms with E-state index >= 15 is 0 Å². The molecular formula is C8H7NaO2S. The van der Waals surface area contributed by atoms with Crippen molar-refractivity contribution >= 4 is 17.7 Å². The molecule has 0 aromatic heterocycles. The van der Waals surface area contributed by atoms with Crippen molar-refractivity contribution in [3.05, 3.63) is 29.8 Å². The Morgan fingerprint density at radius 1 is 1.33 bits per heavy atom. The Kier molecular flexibility index (Phi) is 5.66. The van der Waals surface area contributed by atoms with E-state index < -0.39 is 5.97 Å². The third kappa shape index (κ3) is 3.19. The Morgan fingerprint density at radius 3 is 2.17 bits per heavy atom. The van der Waals surface area contributed by atoms with Gasteiger partial charge in [-0.3, -0.25) is 0 Å². The van der Waals surface area contributed by atoms with Crippen molar-refractivity contribution in [3.63, 3.8) is 0 Å². The first-order chi connectivity index (χ1) is 5.24. The minimum atomic E-state index is -1.13. The Hall–Kier alpha value is 0.0400. The van der Waals surface area contributed by atoms with E-state index in [1.165, 1.54) is 0 Å². The van der Waals surface area contributed by atoms with Gasteiger partial charge < -0.3 is 9.90 Å². The normalized spacial score (nSPS) is 8.75. The van der Waals surface area contributed by atoms with Crippen LogP contribution in [0.4, 0.5) is 0 Å². The predicted octanol–water partition coefficient (Wildman–Crippen LogP) is -2.22. The standard InChI is InChI=1S/C8H8O2S.Na/c1-11-7-4-2-6(3-5-7)8(9)10;/h2-5H,1H3,(H,9,10);/q;+1/p-1. The molecule has 1 aromatic rings. The Balaban J connectivity index is 0.00000121. The zero-order valence-electron chi connectivity index (χ0n) is 7.03. The summed E-state index contributed by atoms with van der Waals surface area (Å²) in [5, 5.41) is 10.3. The van der Waals surface area contributed by atoms with Gasteiger partial charge in [-0.2, -0.15) is 0 Å². The van der Waals surface area contributed by atoms with Crippen molar-refractivity contribution in [2.75, 3.05) is 6.26 Å². The zero-order chi connectivity index (χ0) is 8.27. The summed E-state index contributed by atoms with van der Waals surface area (Å²) < 4.78 is 0. The smallest absolute Gasteiger partial charge is 0.545 e. The van der Waals surface area contributed by atoms with E-state index in [1.54, 1.807) is 36.0 Å². The molecule has 12 heavy (non-hydrogen) atoms. The van der Waals surface area contributed by atoms with Crippen molar-refractivity contribution in [3.8, 4) is 0 Å². The number of carbonyl (C=O) groups excluding carboxylic acids is 1. The number of hydrogen-bond donors (Lipinski definition) is 0. The predicted molar refractivity (Wildman–Crippen MR) is 42.6 cm³/mol. The van der Waals surface area contributed by atoms with E-state index in [0.29, 0.717) is 0 Å². The Labute approximate surface area is 97.7 Å². The van der Waals surface area contributed by atoms with Crippen LogP contribution < -0.4 is 34.7 Å². The molecule has 2 nitrogen and oxygen atoms in total. The molecule has 0 aliphatic heterocycles. The molecule has 0 aliphatic rings. The number of carboxylic acids is 1. The van der Waals surface area contributed by atoms with Crippen LogP contribution in [-0.2, 0) is 0 Å². The average molecular weight is 190 g/mol. The molecule has 0 saturated heterocycles. The van der Waals surface area contributed by atoms with Gasteiger partial charge in [-0.15, -0.1) is 11.8 Å². The second-order valence-electron chi connectivity index (χ2n) is 2.02. The van der Waals surface area contributed by atoms with Crippen LogP contribution in [0.3, 0.4) is 0 Å². The minimum Gasteiger partial charge on any atom is -0.545 e. The number of benzene rings is 1. The van der Waals surface area contributed by atoms with Crippen LogP contribution >= 0.6 is 11.8 Å². The summed E-state index contributed by atoms with van der Waals surface area (Å²) >= 11 is 1.58. The van der Waals surface area contributed by atoms with Gasteiger partial charge in [0.05, 0.1) is 5.97 Å². The van der Waals surface area contributed by atoms with Gasteiger partial charge in [0.1, 0.15) is 0 Å². The molecule has 0 bridgehead atoms. The summed E-state index contributed by atoms with van der Waals surface area (Å²) in [6, 6.07) is 6.61. The average Bonchev–Trinajstić information content (AvgIpc) is 2.05. The molecule has 0 unspecified atom stereocenters. The molecule has 0 aliphatic carbocycles. The number of thioether (sulfide) groups is 1. The molecule has 0 N–H and O–H groups in total. The number of rotatable bonds is 2. The van der Waals surface area contributed by atoms with E-state index in [1.807, 2.05) is 6.26 Å². The van der Waals surface area contributed by atoms with Gasteiger partial charge in [-0.1, -0.05) is 12.1 Å².